The minimum Gasteiger partial charge on any atom is -0.396 e. The third-order valence-electron chi connectivity index (χ3n) is 6.38. The van der Waals surface area contributed by atoms with E-state index in [2.05, 4.69) is 21.9 Å². The van der Waals surface area contributed by atoms with E-state index in [0.29, 0.717) is 12.8 Å². The average molecular weight is 356 g/mol. The quantitative estimate of drug-likeness (QED) is 0.876. The molecule has 0 bridgehead atoms. The Morgan fingerprint density at radius 1 is 1.35 bits per heavy atom. The maximum Gasteiger partial charge on any atom is 0.223 e. The summed E-state index contributed by atoms with van der Waals surface area (Å²) in [5.41, 5.74) is 1.94. The highest BCUT2D eigenvalue weighted by Gasteiger charge is 2.47. The van der Waals surface area contributed by atoms with Gasteiger partial charge in [-0.1, -0.05) is 12.1 Å². The third kappa shape index (κ3) is 3.12. The number of aliphatic hydroxyl groups excluding tert-OH is 1. The number of aromatic nitrogens is 2. The predicted octanol–water partition coefficient (Wildman–Crippen LogP) is 1.80. The SMILES string of the molecule is CN1CCC[C@]2(CO)CCN(C(=O)CCc3nc4ccccc4[nH]3)C[C@@H]12. The van der Waals surface area contributed by atoms with Gasteiger partial charge < -0.3 is 19.9 Å². The number of likely N-dealkylation sites (N-methyl/N-ethyl adjacent to an activating group) is 1. The molecule has 0 spiro atoms. The van der Waals surface area contributed by atoms with E-state index in [4.69, 9.17) is 0 Å². The zero-order valence-electron chi connectivity index (χ0n) is 15.4. The van der Waals surface area contributed by atoms with Crippen LogP contribution in [0.15, 0.2) is 24.3 Å². The van der Waals surface area contributed by atoms with Crippen LogP contribution in [0.3, 0.4) is 0 Å². The van der Waals surface area contributed by atoms with Crippen LogP contribution in [0.25, 0.3) is 11.0 Å². The number of rotatable bonds is 4. The van der Waals surface area contributed by atoms with Crippen LogP contribution in [0.1, 0.15) is 31.5 Å². The van der Waals surface area contributed by atoms with Gasteiger partial charge in [-0.05, 0) is 45.0 Å². The molecule has 6 nitrogen and oxygen atoms in total. The number of likely N-dealkylation sites (tertiary alicyclic amines) is 2. The number of imidazole rings is 1. The zero-order valence-corrected chi connectivity index (χ0v) is 15.4. The molecule has 3 heterocycles. The van der Waals surface area contributed by atoms with Crippen molar-refractivity contribution in [3.8, 4) is 0 Å². The predicted molar refractivity (Wildman–Crippen MR) is 101 cm³/mol. The summed E-state index contributed by atoms with van der Waals surface area (Å²) >= 11 is 0. The van der Waals surface area contributed by atoms with E-state index in [1.165, 1.54) is 0 Å². The van der Waals surface area contributed by atoms with Crippen LogP contribution in [-0.2, 0) is 11.2 Å². The molecule has 0 unspecified atom stereocenters. The number of nitrogens with one attached hydrogen (secondary N) is 1. The summed E-state index contributed by atoms with van der Waals surface area (Å²) in [6, 6.07) is 8.21. The number of hydrogen-bond donors (Lipinski definition) is 2. The van der Waals surface area contributed by atoms with Gasteiger partial charge in [-0.15, -0.1) is 0 Å². The molecule has 2 fully saturated rings. The third-order valence-corrected chi connectivity index (χ3v) is 6.38. The first-order chi connectivity index (χ1) is 12.6. The van der Waals surface area contributed by atoms with Gasteiger partial charge in [-0.2, -0.15) is 0 Å². The normalized spacial score (nSPS) is 26.8. The van der Waals surface area contributed by atoms with Crippen molar-refractivity contribution in [2.24, 2.45) is 5.41 Å². The van der Waals surface area contributed by atoms with E-state index in [0.717, 1.165) is 55.8 Å². The van der Waals surface area contributed by atoms with Gasteiger partial charge in [0.2, 0.25) is 5.91 Å². The maximum absolute atomic E-state index is 12.8. The number of aryl methyl sites for hydroxylation is 1. The summed E-state index contributed by atoms with van der Waals surface area (Å²) in [5, 5.41) is 10.00. The second kappa shape index (κ2) is 7.00. The number of carbonyl (C=O) groups excluding carboxylic acids is 1. The average Bonchev–Trinajstić information content (AvgIpc) is 3.09. The Labute approximate surface area is 154 Å². The Morgan fingerprint density at radius 2 is 2.19 bits per heavy atom. The van der Waals surface area contributed by atoms with Crippen molar-refractivity contribution in [2.45, 2.75) is 38.1 Å². The van der Waals surface area contributed by atoms with Gasteiger partial charge in [0.15, 0.2) is 0 Å². The number of carbonyl (C=O) groups is 1. The molecule has 0 aliphatic carbocycles. The Kier molecular flexibility index (Phi) is 4.71. The van der Waals surface area contributed by atoms with E-state index in [9.17, 15) is 9.90 Å². The topological polar surface area (TPSA) is 72.5 Å². The van der Waals surface area contributed by atoms with Crippen LogP contribution in [0.4, 0.5) is 0 Å². The number of amides is 1. The molecule has 0 saturated carbocycles. The Bertz CT molecular complexity index is 756. The van der Waals surface area contributed by atoms with Crippen molar-refractivity contribution in [1.82, 2.24) is 19.8 Å². The summed E-state index contributed by atoms with van der Waals surface area (Å²) in [5.74, 6) is 1.06. The van der Waals surface area contributed by atoms with Gasteiger partial charge in [0, 0.05) is 37.4 Å². The molecule has 2 aliphatic heterocycles. The number of para-hydroxylation sites is 2. The van der Waals surface area contributed by atoms with Gasteiger partial charge in [0.25, 0.3) is 0 Å². The number of aliphatic hydroxyl groups is 1. The van der Waals surface area contributed by atoms with Gasteiger partial charge in [0.05, 0.1) is 17.6 Å². The maximum atomic E-state index is 12.8. The fourth-order valence-electron chi connectivity index (χ4n) is 4.75. The molecule has 2 N–H and O–H groups in total. The highest BCUT2D eigenvalue weighted by Crippen LogP contribution is 2.41. The number of aromatic amines is 1. The summed E-state index contributed by atoms with van der Waals surface area (Å²) in [4.78, 5) is 24.9. The lowest BCUT2D eigenvalue weighted by atomic mass is 9.69. The zero-order chi connectivity index (χ0) is 18.1. The van der Waals surface area contributed by atoms with Crippen molar-refractivity contribution in [2.75, 3.05) is 33.3 Å². The minimum atomic E-state index is -0.0253. The van der Waals surface area contributed by atoms with E-state index in [-0.39, 0.29) is 24.0 Å². The van der Waals surface area contributed by atoms with E-state index < -0.39 is 0 Å². The lowest BCUT2D eigenvalue weighted by Crippen LogP contribution is -2.62. The summed E-state index contributed by atoms with van der Waals surface area (Å²) in [6.45, 7) is 2.76. The molecule has 2 aliphatic rings. The molecule has 1 aromatic carbocycles. The molecule has 140 valence electrons. The molecule has 2 atom stereocenters. The number of fused-ring (bicyclic) bond motifs is 2. The van der Waals surface area contributed by atoms with Crippen molar-refractivity contribution in [3.63, 3.8) is 0 Å². The van der Waals surface area contributed by atoms with Crippen LogP contribution >= 0.6 is 0 Å². The number of piperidine rings is 2. The number of benzene rings is 1. The molecular formula is C20H28N4O2. The van der Waals surface area contributed by atoms with Crippen molar-refractivity contribution < 1.29 is 9.90 Å². The number of nitrogens with zero attached hydrogens (tertiary/aromatic N) is 3. The van der Waals surface area contributed by atoms with Crippen LogP contribution in [-0.4, -0.2) is 70.1 Å². The van der Waals surface area contributed by atoms with Crippen LogP contribution < -0.4 is 0 Å². The number of hydrogen-bond acceptors (Lipinski definition) is 4. The molecule has 4 rings (SSSR count). The van der Waals surface area contributed by atoms with Gasteiger partial charge in [-0.3, -0.25) is 4.79 Å². The summed E-state index contributed by atoms with van der Waals surface area (Å²) < 4.78 is 0. The highest BCUT2D eigenvalue weighted by atomic mass is 16.3. The first kappa shape index (κ1) is 17.5. The first-order valence-corrected chi connectivity index (χ1v) is 9.64. The van der Waals surface area contributed by atoms with Gasteiger partial charge >= 0.3 is 0 Å². The molecule has 0 radical (unpaired) electrons. The smallest absolute Gasteiger partial charge is 0.223 e. The molecular weight excluding hydrogens is 328 g/mol. The molecule has 2 saturated heterocycles. The fraction of sp³-hybridized carbons (Fsp3) is 0.600. The second-order valence-corrected chi connectivity index (χ2v) is 7.91. The van der Waals surface area contributed by atoms with Gasteiger partial charge in [0.1, 0.15) is 5.82 Å². The highest BCUT2D eigenvalue weighted by molar-refractivity contribution is 5.77. The fourth-order valence-corrected chi connectivity index (χ4v) is 4.75. The lowest BCUT2D eigenvalue weighted by molar-refractivity contribution is -0.139. The summed E-state index contributed by atoms with van der Waals surface area (Å²) in [6.07, 6.45) is 4.21. The summed E-state index contributed by atoms with van der Waals surface area (Å²) in [7, 11) is 2.12. The van der Waals surface area contributed by atoms with E-state index in [1.807, 2.05) is 29.2 Å². The van der Waals surface area contributed by atoms with E-state index >= 15 is 0 Å². The largest absolute Gasteiger partial charge is 0.396 e. The standard InChI is InChI=1S/C20H28N4O2/c1-23-11-4-9-20(14-25)10-12-24(13-17(20)23)19(26)8-7-18-21-15-5-2-3-6-16(15)22-18/h2-3,5-6,17,25H,4,7-14H2,1H3,(H,21,22)/t17-,20-/m1/s1. The first-order valence-electron chi connectivity index (χ1n) is 9.64. The Morgan fingerprint density at radius 3 is 3.00 bits per heavy atom. The monoisotopic (exact) mass is 356 g/mol. The van der Waals surface area contributed by atoms with E-state index in [1.54, 1.807) is 0 Å². The molecule has 26 heavy (non-hydrogen) atoms. The van der Waals surface area contributed by atoms with Crippen molar-refractivity contribution >= 4 is 16.9 Å². The van der Waals surface area contributed by atoms with Crippen LogP contribution in [0.5, 0.6) is 0 Å². The second-order valence-electron chi connectivity index (χ2n) is 7.91. The van der Waals surface area contributed by atoms with Crippen molar-refractivity contribution in [1.29, 1.82) is 0 Å². The minimum absolute atomic E-state index is 0.0253. The molecule has 1 aromatic heterocycles. The van der Waals surface area contributed by atoms with Gasteiger partial charge in [-0.25, -0.2) is 4.98 Å². The number of H-pyrrole nitrogens is 1. The molecule has 6 heteroatoms. The van der Waals surface area contributed by atoms with Crippen LogP contribution in [0, 0.1) is 5.41 Å². The van der Waals surface area contributed by atoms with Crippen molar-refractivity contribution in [3.05, 3.63) is 30.1 Å². The lowest BCUT2D eigenvalue weighted by Gasteiger charge is -2.53. The van der Waals surface area contributed by atoms with Crippen LogP contribution in [0.2, 0.25) is 0 Å². The Hall–Kier alpha value is -1.92. The molecule has 1 amide bonds. The molecule has 2 aromatic rings. The Balaban J connectivity index is 1.39.